The van der Waals surface area contributed by atoms with E-state index in [0.717, 1.165) is 42.7 Å². The number of hydrogen-bond acceptors (Lipinski definition) is 7. The van der Waals surface area contributed by atoms with E-state index < -0.39 is 0 Å². The molecule has 4 fully saturated rings. The Hall–Kier alpha value is -2.13. The number of benzene rings is 1. The molecule has 0 spiro atoms. The summed E-state index contributed by atoms with van der Waals surface area (Å²) in [6.45, 7) is 0. The van der Waals surface area contributed by atoms with Gasteiger partial charge in [0.1, 0.15) is 0 Å². The van der Waals surface area contributed by atoms with E-state index in [9.17, 15) is 9.59 Å². The third kappa shape index (κ3) is 4.46. The van der Waals surface area contributed by atoms with Gasteiger partial charge in [-0.1, -0.05) is 41.3 Å². The Morgan fingerprint density at radius 2 is 1.70 bits per heavy atom. The number of aromatic nitrogens is 2. The molecule has 1 aromatic carbocycles. The predicted molar refractivity (Wildman–Crippen MR) is 118 cm³/mol. The minimum atomic E-state index is -0.355. The van der Waals surface area contributed by atoms with E-state index in [2.05, 4.69) is 26.1 Å². The quantitative estimate of drug-likeness (QED) is 0.580. The van der Waals surface area contributed by atoms with Crippen LogP contribution < -0.4 is 16.0 Å². The number of hydrogen-bond donors (Lipinski definition) is 3. The Balaban J connectivity index is 1.09. The summed E-state index contributed by atoms with van der Waals surface area (Å²) in [7, 11) is 0. The number of carbonyl (C=O) groups excluding carboxylic acids is 2. The fourth-order valence-corrected chi connectivity index (χ4v) is 7.36. The van der Waals surface area contributed by atoms with Crippen molar-refractivity contribution in [1.29, 1.82) is 0 Å². The molecule has 9 heteroatoms. The number of anilines is 2. The molecule has 3 amide bonds. The Morgan fingerprint density at radius 1 is 1.03 bits per heavy atom. The first kappa shape index (κ1) is 19.8. The summed E-state index contributed by atoms with van der Waals surface area (Å²) < 4.78 is 0.685. The van der Waals surface area contributed by atoms with Crippen LogP contribution in [-0.2, 0) is 4.79 Å². The van der Waals surface area contributed by atoms with Crippen LogP contribution in [0.3, 0.4) is 0 Å². The van der Waals surface area contributed by atoms with Crippen LogP contribution in [0.2, 0.25) is 0 Å². The van der Waals surface area contributed by atoms with E-state index in [1.807, 2.05) is 30.3 Å². The second-order valence-electron chi connectivity index (χ2n) is 8.85. The number of thioether (sulfide) groups is 1. The van der Waals surface area contributed by atoms with Gasteiger partial charge in [0.25, 0.3) is 0 Å². The lowest BCUT2D eigenvalue weighted by Gasteiger charge is -2.56. The van der Waals surface area contributed by atoms with Crippen LogP contribution in [0.4, 0.5) is 15.6 Å². The summed E-state index contributed by atoms with van der Waals surface area (Å²) in [5.74, 6) is 2.07. The van der Waals surface area contributed by atoms with Crippen molar-refractivity contribution in [3.8, 4) is 0 Å². The van der Waals surface area contributed by atoms with Gasteiger partial charge < -0.3 is 10.6 Å². The number of rotatable bonds is 6. The van der Waals surface area contributed by atoms with Gasteiger partial charge in [-0.3, -0.25) is 10.1 Å². The van der Waals surface area contributed by atoms with Crippen molar-refractivity contribution in [2.24, 2.45) is 17.8 Å². The van der Waals surface area contributed by atoms with Crippen LogP contribution in [-0.4, -0.2) is 33.4 Å². The normalized spacial score (nSPS) is 28.9. The first-order chi connectivity index (χ1) is 14.6. The number of nitrogens with one attached hydrogen (secondary N) is 3. The highest BCUT2D eigenvalue weighted by atomic mass is 32.2. The van der Waals surface area contributed by atoms with E-state index in [1.165, 1.54) is 42.4 Å². The number of imide groups is 1. The number of carbonyl (C=O) groups is 2. The SMILES string of the molecule is O=C(CSc1nnc(Nc2ccccc2)s1)NC(=O)NC12CC3CC(CC(C3)C1)C2. The predicted octanol–water partition coefficient (Wildman–Crippen LogP) is 4.17. The molecule has 30 heavy (non-hydrogen) atoms. The summed E-state index contributed by atoms with van der Waals surface area (Å²) in [5.41, 5.74) is 0.841. The van der Waals surface area contributed by atoms with E-state index in [0.29, 0.717) is 9.47 Å². The molecular formula is C21H25N5O2S2. The molecule has 0 saturated heterocycles. The van der Waals surface area contributed by atoms with E-state index in [-0.39, 0.29) is 23.2 Å². The molecule has 3 N–H and O–H groups in total. The molecule has 0 aliphatic heterocycles. The molecule has 4 bridgehead atoms. The largest absolute Gasteiger partial charge is 0.332 e. The van der Waals surface area contributed by atoms with Crippen LogP contribution in [0.5, 0.6) is 0 Å². The summed E-state index contributed by atoms with van der Waals surface area (Å²) >= 11 is 2.67. The number of para-hydroxylation sites is 1. The summed E-state index contributed by atoms with van der Waals surface area (Å²) in [6.07, 6.45) is 7.16. The number of urea groups is 1. The zero-order valence-electron chi connectivity index (χ0n) is 16.6. The molecule has 1 aromatic heterocycles. The summed E-state index contributed by atoms with van der Waals surface area (Å²) in [5, 5.41) is 17.7. The fraction of sp³-hybridized carbons (Fsp3) is 0.524. The average Bonchev–Trinajstić information content (AvgIpc) is 3.13. The van der Waals surface area contributed by atoms with Gasteiger partial charge in [-0.25, -0.2) is 4.79 Å². The first-order valence-corrected chi connectivity index (χ1v) is 12.3. The molecule has 1 heterocycles. The van der Waals surface area contributed by atoms with Gasteiger partial charge in [0.2, 0.25) is 11.0 Å². The highest BCUT2D eigenvalue weighted by molar-refractivity contribution is 8.01. The maximum Gasteiger partial charge on any atom is 0.321 e. The first-order valence-electron chi connectivity index (χ1n) is 10.5. The van der Waals surface area contributed by atoms with Crippen molar-refractivity contribution in [3.05, 3.63) is 30.3 Å². The van der Waals surface area contributed by atoms with Gasteiger partial charge in [0.05, 0.1) is 5.75 Å². The van der Waals surface area contributed by atoms with Crippen molar-refractivity contribution in [2.75, 3.05) is 11.1 Å². The van der Waals surface area contributed by atoms with Crippen LogP contribution in [0, 0.1) is 17.8 Å². The summed E-state index contributed by atoms with van der Waals surface area (Å²) in [4.78, 5) is 24.7. The number of amides is 3. The Bertz CT molecular complexity index is 897. The molecule has 0 unspecified atom stereocenters. The second kappa shape index (κ2) is 8.19. The lowest BCUT2D eigenvalue weighted by Crippen LogP contribution is -2.61. The maximum atomic E-state index is 12.5. The third-order valence-corrected chi connectivity index (χ3v) is 8.40. The highest BCUT2D eigenvalue weighted by Gasteiger charge is 2.51. The Labute approximate surface area is 183 Å². The maximum absolute atomic E-state index is 12.5. The van der Waals surface area contributed by atoms with Crippen molar-refractivity contribution in [1.82, 2.24) is 20.8 Å². The molecule has 4 saturated carbocycles. The average molecular weight is 444 g/mol. The van der Waals surface area contributed by atoms with Crippen molar-refractivity contribution in [2.45, 2.75) is 48.4 Å². The van der Waals surface area contributed by atoms with Crippen molar-refractivity contribution < 1.29 is 9.59 Å². The molecule has 2 aromatic rings. The molecule has 0 radical (unpaired) electrons. The Morgan fingerprint density at radius 3 is 2.37 bits per heavy atom. The van der Waals surface area contributed by atoms with E-state index in [1.54, 1.807) is 0 Å². The van der Waals surface area contributed by atoms with Crippen molar-refractivity contribution >= 4 is 45.9 Å². The molecule has 4 aliphatic carbocycles. The van der Waals surface area contributed by atoms with Gasteiger partial charge in [-0.2, -0.15) is 0 Å². The third-order valence-electron chi connectivity index (χ3n) is 6.43. The standard InChI is InChI=1S/C21H25N5O2S2/c27-17(12-29-20-26-25-19(30-20)22-16-4-2-1-3-5-16)23-18(28)24-21-9-13-6-14(10-21)8-15(7-13)11-21/h1-5,13-15H,6-12H2,(H,22,25)(H2,23,24,27,28). The van der Waals surface area contributed by atoms with E-state index >= 15 is 0 Å². The lowest BCUT2D eigenvalue weighted by molar-refractivity contribution is -0.117. The van der Waals surface area contributed by atoms with Gasteiger partial charge in [-0.05, 0) is 68.4 Å². The molecule has 6 rings (SSSR count). The minimum Gasteiger partial charge on any atom is -0.332 e. The Kier molecular flexibility index (Phi) is 5.41. The second-order valence-corrected chi connectivity index (χ2v) is 11.1. The van der Waals surface area contributed by atoms with E-state index in [4.69, 9.17) is 0 Å². The smallest absolute Gasteiger partial charge is 0.321 e. The van der Waals surface area contributed by atoms with Gasteiger partial charge >= 0.3 is 6.03 Å². The van der Waals surface area contributed by atoms with Crippen LogP contribution >= 0.6 is 23.1 Å². The van der Waals surface area contributed by atoms with Crippen LogP contribution in [0.15, 0.2) is 34.7 Å². The molecular weight excluding hydrogens is 418 g/mol. The molecule has 4 aliphatic rings. The van der Waals surface area contributed by atoms with Crippen molar-refractivity contribution in [3.63, 3.8) is 0 Å². The highest BCUT2D eigenvalue weighted by Crippen LogP contribution is 2.55. The molecule has 0 atom stereocenters. The van der Waals surface area contributed by atoms with Crippen LogP contribution in [0.25, 0.3) is 0 Å². The topological polar surface area (TPSA) is 96.0 Å². The van der Waals surface area contributed by atoms with Gasteiger partial charge in [0.15, 0.2) is 4.34 Å². The lowest BCUT2D eigenvalue weighted by atomic mass is 9.53. The zero-order valence-corrected chi connectivity index (χ0v) is 18.2. The number of nitrogens with zero attached hydrogens (tertiary/aromatic N) is 2. The molecule has 7 nitrogen and oxygen atoms in total. The van der Waals surface area contributed by atoms with Gasteiger partial charge in [0, 0.05) is 11.2 Å². The van der Waals surface area contributed by atoms with Crippen LogP contribution in [0.1, 0.15) is 38.5 Å². The van der Waals surface area contributed by atoms with Gasteiger partial charge in [-0.15, -0.1) is 10.2 Å². The fourth-order valence-electron chi connectivity index (χ4n) is 5.79. The zero-order chi connectivity index (χ0) is 20.6. The summed E-state index contributed by atoms with van der Waals surface area (Å²) in [6, 6.07) is 9.38. The monoisotopic (exact) mass is 443 g/mol. The molecule has 158 valence electrons. The minimum absolute atomic E-state index is 0.0938.